The van der Waals surface area contributed by atoms with E-state index in [0.29, 0.717) is 4.58 Å². The molecule has 0 spiro atoms. The fraction of sp³-hybridized carbons (Fsp3) is 0.211. The molecule has 23 heavy (non-hydrogen) atoms. The van der Waals surface area contributed by atoms with Gasteiger partial charge in [0.15, 0.2) is 0 Å². The Labute approximate surface area is 149 Å². The summed E-state index contributed by atoms with van der Waals surface area (Å²) in [7, 11) is 0. The predicted molar refractivity (Wildman–Crippen MR) is 105 cm³/mol. The molecule has 1 aliphatic heterocycles. The number of rotatable bonds is 3. The van der Waals surface area contributed by atoms with E-state index >= 15 is 0 Å². The lowest BCUT2D eigenvalue weighted by Crippen LogP contribution is -1.85. The molecule has 0 radical (unpaired) electrons. The van der Waals surface area contributed by atoms with Crippen molar-refractivity contribution in [2.45, 2.75) is 11.5 Å². The van der Waals surface area contributed by atoms with Crippen molar-refractivity contribution in [1.29, 1.82) is 0 Å². The summed E-state index contributed by atoms with van der Waals surface area (Å²) in [5.41, 5.74) is 6.17. The Morgan fingerprint density at radius 2 is 1.52 bits per heavy atom. The minimum Gasteiger partial charge on any atom is -0.236 e. The maximum Gasteiger partial charge on any atom is 0.124 e. The van der Waals surface area contributed by atoms with Gasteiger partial charge in [-0.05, 0) is 12.5 Å². The van der Waals surface area contributed by atoms with Gasteiger partial charge in [0.25, 0.3) is 0 Å². The fourth-order valence-corrected chi connectivity index (χ4v) is 6.29. The fourth-order valence-electron chi connectivity index (χ4n) is 2.60. The number of benzene rings is 2. The van der Waals surface area contributed by atoms with Crippen molar-refractivity contribution in [3.8, 4) is 21.8 Å². The molecule has 1 nitrogen and oxygen atoms in total. The Morgan fingerprint density at radius 3 is 2.22 bits per heavy atom. The third-order valence-electron chi connectivity index (χ3n) is 3.90. The van der Waals surface area contributed by atoms with E-state index in [0.717, 1.165) is 10.7 Å². The van der Waals surface area contributed by atoms with Gasteiger partial charge in [0.2, 0.25) is 0 Å². The van der Waals surface area contributed by atoms with E-state index in [1.807, 2.05) is 23.5 Å². The third kappa shape index (κ3) is 3.35. The Hall–Kier alpha value is -1.23. The third-order valence-corrected chi connectivity index (χ3v) is 7.90. The van der Waals surface area contributed by atoms with E-state index in [1.54, 1.807) is 11.3 Å². The van der Waals surface area contributed by atoms with E-state index in [9.17, 15) is 0 Å². The van der Waals surface area contributed by atoms with Crippen LogP contribution < -0.4 is 0 Å². The van der Waals surface area contributed by atoms with Gasteiger partial charge in [0.05, 0.1) is 10.3 Å². The Kier molecular flexibility index (Phi) is 4.47. The molecule has 1 aliphatic rings. The van der Waals surface area contributed by atoms with Gasteiger partial charge in [-0.1, -0.05) is 54.1 Å². The zero-order valence-electron chi connectivity index (χ0n) is 12.9. The molecule has 4 heteroatoms. The van der Waals surface area contributed by atoms with Gasteiger partial charge < -0.3 is 0 Å². The van der Waals surface area contributed by atoms with Crippen molar-refractivity contribution in [2.24, 2.45) is 0 Å². The lowest BCUT2D eigenvalue weighted by atomic mass is 10.1. The van der Waals surface area contributed by atoms with Crippen molar-refractivity contribution >= 4 is 34.9 Å². The lowest BCUT2D eigenvalue weighted by molar-refractivity contribution is 1.36. The summed E-state index contributed by atoms with van der Waals surface area (Å²) in [5, 5.41) is 3.25. The van der Waals surface area contributed by atoms with Crippen LogP contribution in [0.4, 0.5) is 0 Å². The monoisotopic (exact) mass is 355 g/mol. The van der Waals surface area contributed by atoms with Gasteiger partial charge in [-0.15, -0.1) is 34.9 Å². The number of hydrogen-bond acceptors (Lipinski definition) is 4. The lowest BCUT2D eigenvalue weighted by Gasteiger charge is -2.08. The van der Waals surface area contributed by atoms with Crippen LogP contribution in [-0.4, -0.2) is 16.5 Å². The average molecular weight is 356 g/mol. The van der Waals surface area contributed by atoms with Gasteiger partial charge in [-0.3, -0.25) is 0 Å². The topological polar surface area (TPSA) is 12.9 Å². The molecule has 1 saturated heterocycles. The highest BCUT2D eigenvalue weighted by atomic mass is 32.2. The molecule has 0 atom stereocenters. The number of nitrogens with zero attached hydrogens (tertiary/aromatic N) is 1. The first-order valence-electron chi connectivity index (χ1n) is 7.66. The maximum atomic E-state index is 4.82. The van der Waals surface area contributed by atoms with Crippen LogP contribution in [0, 0.1) is 6.92 Å². The molecular formula is C19H17NS3. The van der Waals surface area contributed by atoms with Crippen LogP contribution in [0.15, 0.2) is 53.9 Å². The summed E-state index contributed by atoms with van der Waals surface area (Å²) < 4.78 is 0.614. The highest BCUT2D eigenvalue weighted by molar-refractivity contribution is 8.19. The molecule has 0 bridgehead atoms. The first-order chi connectivity index (χ1) is 11.3. The second-order valence-corrected chi connectivity index (χ2v) is 9.18. The highest BCUT2D eigenvalue weighted by Gasteiger charge is 2.18. The molecule has 1 fully saturated rings. The minimum absolute atomic E-state index is 0.614. The number of aryl methyl sites for hydroxylation is 1. The van der Waals surface area contributed by atoms with Gasteiger partial charge in [0.1, 0.15) is 5.01 Å². The quantitative estimate of drug-likeness (QED) is 0.550. The molecular weight excluding hydrogens is 338 g/mol. The molecule has 0 amide bonds. The second kappa shape index (κ2) is 6.71. The van der Waals surface area contributed by atoms with E-state index in [1.165, 1.54) is 33.8 Å². The van der Waals surface area contributed by atoms with Crippen LogP contribution >= 0.6 is 34.9 Å². The van der Waals surface area contributed by atoms with E-state index in [-0.39, 0.29) is 0 Å². The van der Waals surface area contributed by atoms with Gasteiger partial charge in [-0.25, -0.2) is 4.98 Å². The molecule has 0 unspecified atom stereocenters. The van der Waals surface area contributed by atoms with Gasteiger partial charge in [0, 0.05) is 28.0 Å². The number of hydrogen-bond donors (Lipinski definition) is 0. The summed E-state index contributed by atoms with van der Waals surface area (Å²) in [6.07, 6.45) is 0. The van der Waals surface area contributed by atoms with Crippen LogP contribution in [0.1, 0.15) is 15.7 Å². The summed E-state index contributed by atoms with van der Waals surface area (Å²) in [5.74, 6) is 2.53. The molecule has 0 saturated carbocycles. The smallest absolute Gasteiger partial charge is 0.124 e. The molecule has 3 aromatic rings. The second-order valence-electron chi connectivity index (χ2n) is 5.60. The van der Waals surface area contributed by atoms with E-state index < -0.39 is 0 Å². The highest BCUT2D eigenvalue weighted by Crippen LogP contribution is 2.45. The summed E-state index contributed by atoms with van der Waals surface area (Å²) in [4.78, 5) is 4.82. The van der Waals surface area contributed by atoms with Crippen molar-refractivity contribution in [3.05, 3.63) is 65.0 Å². The van der Waals surface area contributed by atoms with Crippen molar-refractivity contribution < 1.29 is 0 Å². The molecule has 116 valence electrons. The van der Waals surface area contributed by atoms with E-state index in [2.05, 4.69) is 60.8 Å². The molecule has 0 N–H and O–H groups in total. The average Bonchev–Trinajstić information content (AvgIpc) is 3.28. The number of thiazole rings is 1. The molecule has 1 aromatic heterocycles. The van der Waals surface area contributed by atoms with Crippen LogP contribution in [0.25, 0.3) is 21.8 Å². The van der Waals surface area contributed by atoms with Crippen LogP contribution in [0.2, 0.25) is 0 Å². The number of aromatic nitrogens is 1. The molecule has 4 rings (SSSR count). The van der Waals surface area contributed by atoms with Crippen LogP contribution in [-0.2, 0) is 0 Å². The van der Waals surface area contributed by atoms with E-state index in [4.69, 9.17) is 4.98 Å². The van der Waals surface area contributed by atoms with Crippen molar-refractivity contribution in [1.82, 2.24) is 4.98 Å². The Bertz CT molecular complexity index is 784. The Morgan fingerprint density at radius 1 is 0.870 bits per heavy atom. The first-order valence-corrected chi connectivity index (χ1v) is 10.6. The van der Waals surface area contributed by atoms with Crippen molar-refractivity contribution in [3.63, 3.8) is 0 Å². The molecule has 2 heterocycles. The number of thioether (sulfide) groups is 2. The Balaban J connectivity index is 1.57. The first kappa shape index (κ1) is 15.3. The zero-order chi connectivity index (χ0) is 15.6. The summed E-state index contributed by atoms with van der Waals surface area (Å²) >= 11 is 5.82. The predicted octanol–water partition coefficient (Wildman–Crippen LogP) is 6.26. The normalized spacial score (nSPS) is 15.2. The SMILES string of the molecule is Cc1ccc(-c2csc(-c3ccc(C4SCCS4)cc3)n2)cc1. The largest absolute Gasteiger partial charge is 0.236 e. The van der Waals surface area contributed by atoms with Crippen LogP contribution in [0.3, 0.4) is 0 Å². The zero-order valence-corrected chi connectivity index (χ0v) is 15.3. The standard InChI is InChI=1S/C19H17NS3/c1-13-2-4-14(5-3-13)17-12-23-18(20-17)15-6-8-16(9-7-15)19-21-10-11-22-19/h2-9,12,19H,10-11H2,1H3. The summed E-state index contributed by atoms with van der Waals surface area (Å²) in [6.45, 7) is 2.11. The van der Waals surface area contributed by atoms with Gasteiger partial charge in [-0.2, -0.15) is 0 Å². The molecule has 0 aliphatic carbocycles. The minimum atomic E-state index is 0.614. The van der Waals surface area contributed by atoms with Gasteiger partial charge >= 0.3 is 0 Å². The maximum absolute atomic E-state index is 4.82. The van der Waals surface area contributed by atoms with Crippen LogP contribution in [0.5, 0.6) is 0 Å². The van der Waals surface area contributed by atoms with Crippen molar-refractivity contribution in [2.75, 3.05) is 11.5 Å². The molecule has 2 aromatic carbocycles. The summed E-state index contributed by atoms with van der Waals surface area (Å²) in [6, 6.07) is 17.5.